The molecule has 3 aliphatic heterocycles. The third-order valence-electron chi connectivity index (χ3n) is 10.4. The van der Waals surface area contributed by atoms with E-state index in [4.69, 9.17) is 28.2 Å². The van der Waals surface area contributed by atoms with E-state index in [-0.39, 0.29) is 11.3 Å². The minimum Gasteiger partial charge on any atom is -0.338 e. The molecular weight excluding hydrogens is 563 g/mol. The summed E-state index contributed by atoms with van der Waals surface area (Å²) in [7, 11) is 0. The minimum atomic E-state index is -0.0605. The van der Waals surface area contributed by atoms with Crippen molar-refractivity contribution in [2.45, 2.75) is 75.4 Å². The molecule has 1 amide bonds. The van der Waals surface area contributed by atoms with Crippen molar-refractivity contribution in [3.05, 3.63) is 99.8 Å². The molecule has 3 atom stereocenters. The van der Waals surface area contributed by atoms with Crippen LogP contribution in [0.5, 0.6) is 0 Å². The monoisotopic (exact) mass is 600 g/mol. The van der Waals surface area contributed by atoms with Crippen molar-refractivity contribution in [1.29, 1.82) is 0 Å². The van der Waals surface area contributed by atoms with Crippen molar-refractivity contribution >= 4 is 40.1 Å². The zero-order valence-electron chi connectivity index (χ0n) is 24.2. The van der Waals surface area contributed by atoms with Gasteiger partial charge in [-0.05, 0) is 93.7 Å². The molecule has 0 radical (unpaired) electrons. The number of carbonyl (C=O) groups excluding carboxylic acids is 1. The van der Waals surface area contributed by atoms with E-state index in [0.717, 1.165) is 37.1 Å². The first kappa shape index (κ1) is 27.9. The molecule has 3 aliphatic rings. The molecule has 7 heteroatoms. The number of piperidine rings is 2. The Morgan fingerprint density at radius 1 is 0.857 bits per heavy atom. The second-order valence-electron chi connectivity index (χ2n) is 12.6. The number of hydrogen-bond donors (Lipinski definition) is 0. The molecule has 0 unspecified atom stereocenters. The number of carbonyl (C=O) groups is 1. The Hall–Kier alpha value is -2.86. The van der Waals surface area contributed by atoms with Gasteiger partial charge in [0.25, 0.3) is 5.91 Å². The van der Waals surface area contributed by atoms with Gasteiger partial charge in [0.05, 0.1) is 26.6 Å². The fourth-order valence-corrected chi connectivity index (χ4v) is 8.82. The molecule has 0 N–H and O–H groups in total. The summed E-state index contributed by atoms with van der Waals surface area (Å²) in [6.07, 6.45) is 7.94. The van der Waals surface area contributed by atoms with Gasteiger partial charge in [0.1, 0.15) is 5.82 Å². The van der Waals surface area contributed by atoms with Gasteiger partial charge < -0.3 is 9.47 Å². The molecule has 218 valence electrons. The number of hydrogen-bond acceptors (Lipinski definition) is 3. The van der Waals surface area contributed by atoms with Gasteiger partial charge in [0.15, 0.2) is 0 Å². The molecule has 7 rings (SSSR count). The highest BCUT2D eigenvalue weighted by Gasteiger charge is 2.44. The highest BCUT2D eigenvalue weighted by molar-refractivity contribution is 6.39. The molecule has 0 spiro atoms. The number of imidazole rings is 1. The van der Waals surface area contributed by atoms with Crippen molar-refractivity contribution in [2.75, 3.05) is 19.6 Å². The number of aryl methyl sites for hydroxylation is 1. The molecule has 4 heterocycles. The van der Waals surface area contributed by atoms with E-state index in [1.807, 2.05) is 4.90 Å². The lowest BCUT2D eigenvalue weighted by Crippen LogP contribution is -2.49. The van der Waals surface area contributed by atoms with Gasteiger partial charge in [0.2, 0.25) is 0 Å². The van der Waals surface area contributed by atoms with Crippen LogP contribution in [0.3, 0.4) is 0 Å². The lowest BCUT2D eigenvalue weighted by atomic mass is 9.70. The summed E-state index contributed by atoms with van der Waals surface area (Å²) < 4.78 is 2.52. The number of halogens is 2. The van der Waals surface area contributed by atoms with E-state index in [9.17, 15) is 4.79 Å². The van der Waals surface area contributed by atoms with Crippen molar-refractivity contribution in [3.8, 4) is 0 Å². The summed E-state index contributed by atoms with van der Waals surface area (Å²) in [6.45, 7) is 4.67. The topological polar surface area (TPSA) is 41.4 Å². The Morgan fingerprint density at radius 3 is 2.19 bits per heavy atom. The van der Waals surface area contributed by atoms with Crippen molar-refractivity contribution < 1.29 is 4.79 Å². The molecule has 42 heavy (non-hydrogen) atoms. The van der Waals surface area contributed by atoms with E-state index in [1.54, 1.807) is 18.2 Å². The van der Waals surface area contributed by atoms with E-state index in [2.05, 4.69) is 71.0 Å². The Morgan fingerprint density at radius 2 is 1.50 bits per heavy atom. The van der Waals surface area contributed by atoms with Crippen LogP contribution in [0, 0.1) is 6.92 Å². The first-order valence-electron chi connectivity index (χ1n) is 15.4. The summed E-state index contributed by atoms with van der Waals surface area (Å²) in [5.74, 6) is 1.08. The summed E-state index contributed by atoms with van der Waals surface area (Å²) in [4.78, 5) is 23.1. The number of fused-ring (bicyclic) bond motifs is 3. The Kier molecular flexibility index (Phi) is 7.54. The van der Waals surface area contributed by atoms with Gasteiger partial charge in [-0.15, -0.1) is 0 Å². The van der Waals surface area contributed by atoms with Crippen LogP contribution in [0.1, 0.15) is 72.7 Å². The van der Waals surface area contributed by atoms with Gasteiger partial charge in [-0.3, -0.25) is 9.69 Å². The third kappa shape index (κ3) is 4.94. The molecule has 4 aromatic rings. The van der Waals surface area contributed by atoms with Gasteiger partial charge in [-0.2, -0.15) is 0 Å². The second kappa shape index (κ2) is 11.3. The number of amides is 1. The third-order valence-corrected chi connectivity index (χ3v) is 11.0. The molecule has 1 aromatic heterocycles. The number of benzene rings is 3. The first-order chi connectivity index (χ1) is 20.4. The number of nitrogens with zero attached hydrogens (tertiary/aromatic N) is 4. The van der Waals surface area contributed by atoms with Gasteiger partial charge in [0, 0.05) is 31.2 Å². The second-order valence-corrected chi connectivity index (χ2v) is 13.4. The fraction of sp³-hybridized carbons (Fsp3) is 0.429. The fourth-order valence-electron chi connectivity index (χ4n) is 8.26. The normalized spacial score (nSPS) is 23.9. The number of aromatic nitrogens is 2. The zero-order chi connectivity index (χ0) is 28.8. The van der Waals surface area contributed by atoms with Crippen LogP contribution in [0.4, 0.5) is 0 Å². The average molecular weight is 602 g/mol. The standard InChI is InChI=1S/C35H38Cl2N4O/c1-24-38-31-12-5-6-13-32(31)41(24)28-22-26-14-15-27(23-28)40(26)21-18-35(25-8-3-2-4-9-25)16-19-39(20-17-35)34(42)33-29(36)10-7-11-30(33)37/h2-13,26-28H,14-23H2,1H3/t26-,27+,28+. The molecule has 3 fully saturated rings. The number of rotatable bonds is 6. The highest BCUT2D eigenvalue weighted by Crippen LogP contribution is 2.45. The maximum absolute atomic E-state index is 13.5. The van der Waals surface area contributed by atoms with Gasteiger partial charge in [-0.25, -0.2) is 4.98 Å². The Balaban J connectivity index is 1.07. The zero-order valence-corrected chi connectivity index (χ0v) is 25.7. The summed E-state index contributed by atoms with van der Waals surface area (Å²) in [6, 6.07) is 26.6. The lowest BCUT2D eigenvalue weighted by Gasteiger charge is -2.45. The highest BCUT2D eigenvalue weighted by atomic mass is 35.5. The molecule has 0 aliphatic carbocycles. The first-order valence-corrected chi connectivity index (χ1v) is 16.2. The average Bonchev–Trinajstić information content (AvgIpc) is 3.47. The molecule has 2 bridgehead atoms. The van der Waals surface area contributed by atoms with Crippen molar-refractivity contribution in [3.63, 3.8) is 0 Å². The van der Waals surface area contributed by atoms with E-state index >= 15 is 0 Å². The van der Waals surface area contributed by atoms with Crippen molar-refractivity contribution in [1.82, 2.24) is 19.4 Å². The lowest BCUT2D eigenvalue weighted by molar-refractivity contribution is 0.0607. The maximum Gasteiger partial charge on any atom is 0.256 e. The smallest absolute Gasteiger partial charge is 0.256 e. The summed E-state index contributed by atoms with van der Waals surface area (Å²) in [5, 5.41) is 0.843. The van der Waals surface area contributed by atoms with Crippen LogP contribution >= 0.6 is 23.2 Å². The minimum absolute atomic E-state index is 0.0513. The summed E-state index contributed by atoms with van der Waals surface area (Å²) in [5.41, 5.74) is 4.26. The van der Waals surface area contributed by atoms with Crippen LogP contribution in [0.25, 0.3) is 11.0 Å². The van der Waals surface area contributed by atoms with Crippen LogP contribution in [0.2, 0.25) is 10.0 Å². The van der Waals surface area contributed by atoms with Crippen LogP contribution < -0.4 is 0 Å². The van der Waals surface area contributed by atoms with Gasteiger partial charge >= 0.3 is 0 Å². The van der Waals surface area contributed by atoms with Crippen LogP contribution in [-0.2, 0) is 5.41 Å². The van der Waals surface area contributed by atoms with Crippen LogP contribution in [-0.4, -0.2) is 57.0 Å². The van der Waals surface area contributed by atoms with Crippen LogP contribution in [0.15, 0.2) is 72.8 Å². The van der Waals surface area contributed by atoms with Crippen molar-refractivity contribution in [2.24, 2.45) is 0 Å². The number of likely N-dealkylation sites (tertiary alicyclic amines) is 1. The van der Waals surface area contributed by atoms with E-state index in [0.29, 0.717) is 46.8 Å². The largest absolute Gasteiger partial charge is 0.338 e. The predicted octanol–water partition coefficient (Wildman–Crippen LogP) is 8.08. The van der Waals surface area contributed by atoms with Gasteiger partial charge in [-0.1, -0.05) is 71.7 Å². The molecule has 3 saturated heterocycles. The molecular formula is C35H38Cl2N4O. The predicted molar refractivity (Wildman–Crippen MR) is 171 cm³/mol. The quantitative estimate of drug-likeness (QED) is 0.224. The molecule has 3 aromatic carbocycles. The molecule has 5 nitrogen and oxygen atoms in total. The van der Waals surface area contributed by atoms with E-state index in [1.165, 1.54) is 36.8 Å². The number of para-hydroxylation sites is 2. The Bertz CT molecular complexity index is 1560. The maximum atomic E-state index is 13.5. The molecule has 0 saturated carbocycles. The Labute approximate surface area is 258 Å². The SMILES string of the molecule is Cc1nc2ccccc2n1[C@H]1C[C@H]2CC[C@@H](C1)N2CCC1(c2ccccc2)CCN(C(=O)c2c(Cl)cccc2Cl)CC1. The van der Waals surface area contributed by atoms with E-state index < -0.39 is 0 Å². The summed E-state index contributed by atoms with van der Waals surface area (Å²) >= 11 is 12.8.